The number of hydrogen-bond acceptors (Lipinski definition) is 6. The Morgan fingerprint density at radius 3 is 2.54 bits per heavy atom. The summed E-state index contributed by atoms with van der Waals surface area (Å²) >= 11 is 0. The second-order valence-corrected chi connectivity index (χ2v) is 6.57. The number of hydrogen-bond donors (Lipinski definition) is 1. The molecule has 0 radical (unpaired) electrons. The van der Waals surface area contributed by atoms with Gasteiger partial charge in [-0.1, -0.05) is 0 Å². The Bertz CT molecular complexity index is 843. The van der Waals surface area contributed by atoms with Gasteiger partial charge in [0.1, 0.15) is 5.76 Å². The normalized spacial score (nSPS) is 10.8. The number of carbonyl (C=O) groups excluding carboxylic acids is 1. The van der Waals surface area contributed by atoms with E-state index >= 15 is 0 Å². The lowest BCUT2D eigenvalue weighted by Crippen LogP contribution is -2.32. The molecular weight excluding hydrogens is 362 g/mol. The number of amides is 1. The molecule has 1 N–H and O–H groups in total. The highest BCUT2D eigenvalue weighted by Gasteiger charge is 2.13. The fraction of sp³-hybridized carbons (Fsp3) is 0.429. The van der Waals surface area contributed by atoms with Crippen LogP contribution >= 0.6 is 0 Å². The molecule has 0 atom stereocenters. The van der Waals surface area contributed by atoms with Crippen LogP contribution in [0.5, 0.6) is 11.5 Å². The molecule has 0 bridgehead atoms. The van der Waals surface area contributed by atoms with Crippen molar-refractivity contribution in [3.8, 4) is 22.8 Å². The molecule has 7 nitrogen and oxygen atoms in total. The molecule has 0 aliphatic heterocycles. The van der Waals surface area contributed by atoms with Gasteiger partial charge in [0.2, 0.25) is 5.91 Å². The van der Waals surface area contributed by atoms with Gasteiger partial charge in [-0.2, -0.15) is 0 Å². The summed E-state index contributed by atoms with van der Waals surface area (Å²) in [7, 11) is 3.20. The van der Waals surface area contributed by atoms with Crippen LogP contribution in [-0.2, 0) is 16.0 Å². The lowest BCUT2D eigenvalue weighted by atomic mass is 10.1. The van der Waals surface area contributed by atoms with Crippen LogP contribution in [0.1, 0.15) is 25.8 Å². The van der Waals surface area contributed by atoms with Crippen molar-refractivity contribution in [3.63, 3.8) is 0 Å². The van der Waals surface area contributed by atoms with E-state index in [-0.39, 0.29) is 18.4 Å². The standard InChI is InChI=1S/C21H27NO6/c1-14(2)22-20(23)13-16-7-8-17(28-21(16)24)15-6-9-18(26-4)19(12-15)27-11-5-10-25-3/h6-9,12,14H,5,10-11,13H2,1-4H3,(H,22,23). The Kier molecular flexibility index (Phi) is 8.07. The largest absolute Gasteiger partial charge is 0.493 e. The third-order valence-electron chi connectivity index (χ3n) is 3.90. The predicted octanol–water partition coefficient (Wildman–Crippen LogP) is 2.80. The molecule has 0 fully saturated rings. The lowest BCUT2D eigenvalue weighted by molar-refractivity contribution is -0.120. The summed E-state index contributed by atoms with van der Waals surface area (Å²) in [5.41, 5.74) is 0.457. The molecule has 28 heavy (non-hydrogen) atoms. The molecule has 1 amide bonds. The molecule has 0 saturated carbocycles. The Hall–Kier alpha value is -2.80. The Balaban J connectivity index is 2.19. The zero-order chi connectivity index (χ0) is 20.5. The molecule has 0 saturated heterocycles. The van der Waals surface area contributed by atoms with E-state index in [0.29, 0.717) is 41.6 Å². The average molecular weight is 389 g/mol. The summed E-state index contributed by atoms with van der Waals surface area (Å²) in [6.07, 6.45) is 0.726. The first-order valence-corrected chi connectivity index (χ1v) is 9.17. The highest BCUT2D eigenvalue weighted by atomic mass is 16.5. The Morgan fingerprint density at radius 1 is 1.11 bits per heavy atom. The summed E-state index contributed by atoms with van der Waals surface area (Å²) in [4.78, 5) is 24.1. The number of rotatable bonds is 10. The minimum absolute atomic E-state index is 0.0143. The van der Waals surface area contributed by atoms with Gasteiger partial charge in [0.25, 0.3) is 0 Å². The maximum Gasteiger partial charge on any atom is 0.339 e. The minimum atomic E-state index is -0.533. The van der Waals surface area contributed by atoms with Gasteiger partial charge in [0.05, 0.1) is 20.1 Å². The maximum absolute atomic E-state index is 12.3. The van der Waals surface area contributed by atoms with Crippen molar-refractivity contribution in [1.82, 2.24) is 5.32 Å². The van der Waals surface area contributed by atoms with Crippen LogP contribution in [0.25, 0.3) is 11.3 Å². The van der Waals surface area contributed by atoms with Gasteiger partial charge in [-0.15, -0.1) is 0 Å². The van der Waals surface area contributed by atoms with E-state index in [2.05, 4.69) is 5.32 Å². The fourth-order valence-electron chi connectivity index (χ4n) is 2.60. The first-order valence-electron chi connectivity index (χ1n) is 9.17. The molecule has 0 aliphatic carbocycles. The number of benzene rings is 1. The zero-order valence-electron chi connectivity index (χ0n) is 16.7. The average Bonchev–Trinajstić information content (AvgIpc) is 2.66. The number of ether oxygens (including phenoxy) is 3. The monoisotopic (exact) mass is 389 g/mol. The van der Waals surface area contributed by atoms with Crippen molar-refractivity contribution in [2.24, 2.45) is 0 Å². The number of carbonyl (C=O) groups is 1. The molecule has 0 spiro atoms. The van der Waals surface area contributed by atoms with Crippen LogP contribution in [0.15, 0.2) is 39.5 Å². The maximum atomic E-state index is 12.3. The molecule has 152 valence electrons. The Labute approximate surface area is 164 Å². The van der Waals surface area contributed by atoms with E-state index in [1.54, 1.807) is 44.6 Å². The lowest BCUT2D eigenvalue weighted by Gasteiger charge is -2.12. The first-order chi connectivity index (χ1) is 13.4. The highest BCUT2D eigenvalue weighted by molar-refractivity contribution is 5.78. The third kappa shape index (κ3) is 6.13. The number of nitrogens with one attached hydrogen (secondary N) is 1. The predicted molar refractivity (Wildman–Crippen MR) is 106 cm³/mol. The van der Waals surface area contributed by atoms with Crippen molar-refractivity contribution < 1.29 is 23.4 Å². The molecule has 2 aromatic rings. The van der Waals surface area contributed by atoms with Crippen LogP contribution in [0.2, 0.25) is 0 Å². The van der Waals surface area contributed by atoms with E-state index in [1.165, 1.54) is 0 Å². The van der Waals surface area contributed by atoms with Gasteiger partial charge in [-0.05, 0) is 44.2 Å². The van der Waals surface area contributed by atoms with Gasteiger partial charge >= 0.3 is 5.63 Å². The van der Waals surface area contributed by atoms with Gasteiger partial charge < -0.3 is 23.9 Å². The topological polar surface area (TPSA) is 87.0 Å². The summed E-state index contributed by atoms with van der Waals surface area (Å²) in [6, 6.07) is 8.60. The van der Waals surface area contributed by atoms with Crippen molar-refractivity contribution in [2.75, 3.05) is 27.4 Å². The molecule has 2 rings (SSSR count). The molecule has 1 aromatic heterocycles. The van der Waals surface area contributed by atoms with Crippen molar-refractivity contribution in [2.45, 2.75) is 32.7 Å². The molecule has 7 heteroatoms. The van der Waals surface area contributed by atoms with Crippen LogP contribution in [0.4, 0.5) is 0 Å². The summed E-state index contributed by atoms with van der Waals surface area (Å²) < 4.78 is 21.5. The zero-order valence-corrected chi connectivity index (χ0v) is 16.7. The summed E-state index contributed by atoms with van der Waals surface area (Å²) in [5.74, 6) is 1.32. The molecule has 0 aliphatic rings. The van der Waals surface area contributed by atoms with Gasteiger partial charge in [0, 0.05) is 37.3 Å². The Morgan fingerprint density at radius 2 is 1.89 bits per heavy atom. The summed E-state index contributed by atoms with van der Waals surface area (Å²) in [6.45, 7) is 4.80. The van der Waals surface area contributed by atoms with Gasteiger partial charge in [-0.3, -0.25) is 4.79 Å². The molecular formula is C21H27NO6. The van der Waals surface area contributed by atoms with E-state index in [0.717, 1.165) is 6.42 Å². The van der Waals surface area contributed by atoms with Crippen molar-refractivity contribution in [1.29, 1.82) is 0 Å². The highest BCUT2D eigenvalue weighted by Crippen LogP contribution is 2.32. The fourth-order valence-corrected chi connectivity index (χ4v) is 2.60. The van der Waals surface area contributed by atoms with Gasteiger partial charge in [-0.25, -0.2) is 4.79 Å². The van der Waals surface area contributed by atoms with E-state index in [1.807, 2.05) is 13.8 Å². The van der Waals surface area contributed by atoms with Crippen LogP contribution in [-0.4, -0.2) is 39.4 Å². The molecule has 1 aromatic carbocycles. The third-order valence-corrected chi connectivity index (χ3v) is 3.90. The molecule has 0 unspecified atom stereocenters. The number of methoxy groups -OCH3 is 2. The smallest absolute Gasteiger partial charge is 0.339 e. The van der Waals surface area contributed by atoms with Crippen molar-refractivity contribution >= 4 is 5.91 Å². The van der Waals surface area contributed by atoms with Gasteiger partial charge in [0.15, 0.2) is 11.5 Å². The van der Waals surface area contributed by atoms with E-state index in [4.69, 9.17) is 18.6 Å². The second kappa shape index (κ2) is 10.5. The quantitative estimate of drug-likeness (QED) is 0.629. The summed E-state index contributed by atoms with van der Waals surface area (Å²) in [5, 5.41) is 2.75. The van der Waals surface area contributed by atoms with Crippen LogP contribution in [0.3, 0.4) is 0 Å². The SMILES string of the molecule is COCCCOc1cc(-c2ccc(CC(=O)NC(C)C)c(=O)o2)ccc1OC. The van der Waals surface area contributed by atoms with E-state index in [9.17, 15) is 9.59 Å². The van der Waals surface area contributed by atoms with Crippen LogP contribution in [0, 0.1) is 0 Å². The van der Waals surface area contributed by atoms with E-state index < -0.39 is 5.63 Å². The molecule has 1 heterocycles. The minimum Gasteiger partial charge on any atom is -0.493 e. The second-order valence-electron chi connectivity index (χ2n) is 6.57. The first kappa shape index (κ1) is 21.5. The van der Waals surface area contributed by atoms with Crippen LogP contribution < -0.4 is 20.4 Å². The van der Waals surface area contributed by atoms with Crippen molar-refractivity contribution in [3.05, 3.63) is 46.3 Å².